The second-order valence-electron chi connectivity index (χ2n) is 7.20. The summed E-state index contributed by atoms with van der Waals surface area (Å²) in [4.78, 5) is 26.4. The number of amides is 2. The highest BCUT2D eigenvalue weighted by atomic mass is 32.1. The number of aromatic amines is 1. The molecule has 2 amide bonds. The van der Waals surface area contributed by atoms with Crippen molar-refractivity contribution in [3.05, 3.63) is 29.0 Å². The Kier molecular flexibility index (Phi) is 4.80. The largest absolute Gasteiger partial charge is 0.300 e. The van der Waals surface area contributed by atoms with E-state index in [2.05, 4.69) is 39.6 Å². The fraction of sp³-hybridized carbons (Fsp3) is 0.389. The van der Waals surface area contributed by atoms with Gasteiger partial charge in [0.25, 0.3) is 0 Å². The van der Waals surface area contributed by atoms with Crippen LogP contribution < -0.4 is 10.2 Å². The molecular weight excluding hydrogens is 383 g/mol. The number of aromatic nitrogens is 4. The zero-order valence-corrected chi connectivity index (χ0v) is 16.2. The maximum absolute atomic E-state index is 14.2. The Morgan fingerprint density at radius 3 is 3.04 bits per heavy atom. The van der Waals surface area contributed by atoms with Gasteiger partial charge in [0.2, 0.25) is 16.9 Å². The molecule has 0 spiro atoms. The van der Waals surface area contributed by atoms with Gasteiger partial charge in [-0.05, 0) is 18.1 Å². The first-order valence-corrected chi connectivity index (χ1v) is 9.80. The molecular formula is C18H19FN6O2S. The first kappa shape index (κ1) is 18.5. The summed E-state index contributed by atoms with van der Waals surface area (Å²) in [5, 5.41) is 19.1. The maximum atomic E-state index is 14.2. The van der Waals surface area contributed by atoms with Gasteiger partial charge in [-0.1, -0.05) is 31.3 Å². The summed E-state index contributed by atoms with van der Waals surface area (Å²) >= 11 is 1.33. The first-order valence-electron chi connectivity index (χ1n) is 8.98. The Morgan fingerprint density at radius 1 is 1.43 bits per heavy atom. The molecule has 1 aliphatic heterocycles. The molecule has 3 aromatic rings. The molecule has 4 rings (SSSR count). The number of carbonyl (C=O) groups excluding carboxylic acids is 2. The molecule has 28 heavy (non-hydrogen) atoms. The molecule has 10 heteroatoms. The standard InChI is InChI=1S/C18H19FN6O2S/c1-9(2)6-13-22-24-18(28-13)20-17(27)10-7-14(26)25(8-10)16-15-11(19)4-3-5-12(15)21-23-16/h3-5,9-10H,6-8H2,1-2H3,(H,21,23)(H,20,24,27)/t10-/m0/s1. The average Bonchev–Trinajstić information content (AvgIpc) is 3.33. The molecule has 0 unspecified atom stereocenters. The second kappa shape index (κ2) is 7.27. The van der Waals surface area contributed by atoms with E-state index in [0.29, 0.717) is 16.6 Å². The number of fused-ring (bicyclic) bond motifs is 1. The number of nitrogens with zero attached hydrogens (tertiary/aromatic N) is 4. The third kappa shape index (κ3) is 3.47. The lowest BCUT2D eigenvalue weighted by atomic mass is 10.1. The van der Waals surface area contributed by atoms with Crippen LogP contribution in [-0.4, -0.2) is 38.8 Å². The molecule has 0 aliphatic carbocycles. The van der Waals surface area contributed by atoms with Gasteiger partial charge in [0.15, 0.2) is 5.82 Å². The van der Waals surface area contributed by atoms with Crippen molar-refractivity contribution in [2.24, 2.45) is 11.8 Å². The van der Waals surface area contributed by atoms with Crippen LogP contribution in [0.4, 0.5) is 15.3 Å². The zero-order chi connectivity index (χ0) is 19.8. The number of hydrogen-bond donors (Lipinski definition) is 2. The molecule has 1 atom stereocenters. The molecule has 1 saturated heterocycles. The van der Waals surface area contributed by atoms with Crippen molar-refractivity contribution in [1.82, 2.24) is 20.4 Å². The Balaban J connectivity index is 1.48. The monoisotopic (exact) mass is 402 g/mol. The highest BCUT2D eigenvalue weighted by Gasteiger charge is 2.37. The number of carbonyl (C=O) groups is 2. The van der Waals surface area contributed by atoms with Gasteiger partial charge in [-0.25, -0.2) is 4.39 Å². The molecule has 2 N–H and O–H groups in total. The zero-order valence-electron chi connectivity index (χ0n) is 15.4. The van der Waals surface area contributed by atoms with Gasteiger partial charge in [0, 0.05) is 19.4 Å². The molecule has 8 nitrogen and oxygen atoms in total. The minimum Gasteiger partial charge on any atom is -0.300 e. The highest BCUT2D eigenvalue weighted by molar-refractivity contribution is 7.15. The van der Waals surface area contributed by atoms with E-state index in [9.17, 15) is 14.0 Å². The fourth-order valence-corrected chi connectivity index (χ4v) is 4.19. The van der Waals surface area contributed by atoms with Crippen LogP contribution in [0.25, 0.3) is 10.9 Å². The summed E-state index contributed by atoms with van der Waals surface area (Å²) in [5.74, 6) is -0.944. The molecule has 1 aromatic carbocycles. The van der Waals surface area contributed by atoms with Crippen LogP contribution in [0.3, 0.4) is 0 Å². The maximum Gasteiger partial charge on any atom is 0.231 e. The van der Waals surface area contributed by atoms with Gasteiger partial charge in [-0.2, -0.15) is 5.10 Å². The van der Waals surface area contributed by atoms with Crippen LogP contribution in [-0.2, 0) is 16.0 Å². The predicted molar refractivity (Wildman–Crippen MR) is 104 cm³/mol. The number of benzene rings is 1. The van der Waals surface area contributed by atoms with Gasteiger partial charge in [-0.15, -0.1) is 10.2 Å². The van der Waals surface area contributed by atoms with Crippen molar-refractivity contribution in [1.29, 1.82) is 0 Å². The first-order chi connectivity index (χ1) is 13.4. The molecule has 1 aliphatic rings. The number of anilines is 2. The van der Waals surface area contributed by atoms with Crippen LogP contribution in [0.2, 0.25) is 0 Å². The number of halogens is 1. The Labute approximate surface area is 164 Å². The minimum atomic E-state index is -0.566. The lowest BCUT2D eigenvalue weighted by molar-refractivity contribution is -0.122. The van der Waals surface area contributed by atoms with E-state index in [1.807, 2.05) is 0 Å². The predicted octanol–water partition coefficient (Wildman–Crippen LogP) is 2.74. The smallest absolute Gasteiger partial charge is 0.231 e. The van der Waals surface area contributed by atoms with Gasteiger partial charge in [0.05, 0.1) is 16.8 Å². The number of rotatable bonds is 5. The Bertz CT molecular complexity index is 1050. The molecule has 2 aromatic heterocycles. The van der Waals surface area contributed by atoms with Crippen LogP contribution in [0, 0.1) is 17.7 Å². The lowest BCUT2D eigenvalue weighted by Crippen LogP contribution is -2.28. The van der Waals surface area contributed by atoms with Crippen LogP contribution in [0.5, 0.6) is 0 Å². The van der Waals surface area contributed by atoms with Crippen molar-refractivity contribution >= 4 is 45.0 Å². The molecule has 0 radical (unpaired) electrons. The fourth-order valence-electron chi connectivity index (χ4n) is 3.24. The molecule has 0 saturated carbocycles. The lowest BCUT2D eigenvalue weighted by Gasteiger charge is -2.14. The van der Waals surface area contributed by atoms with Crippen molar-refractivity contribution in [2.45, 2.75) is 26.7 Å². The number of H-pyrrole nitrogens is 1. The van der Waals surface area contributed by atoms with Crippen LogP contribution in [0.15, 0.2) is 18.2 Å². The van der Waals surface area contributed by atoms with E-state index in [-0.39, 0.29) is 36.0 Å². The summed E-state index contributed by atoms with van der Waals surface area (Å²) in [6, 6.07) is 4.57. The highest BCUT2D eigenvalue weighted by Crippen LogP contribution is 2.32. The van der Waals surface area contributed by atoms with Gasteiger partial charge in [0.1, 0.15) is 10.8 Å². The van der Waals surface area contributed by atoms with Crippen molar-refractivity contribution in [3.8, 4) is 0 Å². The SMILES string of the molecule is CC(C)Cc1nnc(NC(=O)[C@H]2CC(=O)N(c3n[nH]c4cccc(F)c34)C2)s1. The summed E-state index contributed by atoms with van der Waals surface area (Å²) in [6.07, 6.45) is 0.827. The molecule has 0 bridgehead atoms. The summed E-state index contributed by atoms with van der Waals surface area (Å²) < 4.78 is 14.2. The molecule has 1 fully saturated rings. The van der Waals surface area contributed by atoms with E-state index in [1.54, 1.807) is 12.1 Å². The Hall–Kier alpha value is -2.88. The number of hydrogen-bond acceptors (Lipinski definition) is 6. The summed E-state index contributed by atoms with van der Waals surface area (Å²) in [7, 11) is 0. The van der Waals surface area contributed by atoms with Crippen molar-refractivity contribution in [3.63, 3.8) is 0 Å². The summed E-state index contributed by atoms with van der Waals surface area (Å²) in [5.41, 5.74) is 0.502. The minimum absolute atomic E-state index is 0.0340. The van der Waals surface area contributed by atoms with E-state index >= 15 is 0 Å². The quantitative estimate of drug-likeness (QED) is 0.683. The average molecular weight is 402 g/mol. The third-order valence-corrected chi connectivity index (χ3v) is 5.41. The molecule has 146 valence electrons. The third-order valence-electron chi connectivity index (χ3n) is 4.55. The van der Waals surface area contributed by atoms with E-state index in [0.717, 1.165) is 11.4 Å². The normalized spacial score (nSPS) is 17.1. The van der Waals surface area contributed by atoms with Crippen molar-refractivity contribution in [2.75, 3.05) is 16.8 Å². The van der Waals surface area contributed by atoms with Crippen LogP contribution in [0.1, 0.15) is 25.3 Å². The number of nitrogens with one attached hydrogen (secondary N) is 2. The second-order valence-corrected chi connectivity index (χ2v) is 8.27. The van der Waals surface area contributed by atoms with Gasteiger partial charge >= 0.3 is 0 Å². The van der Waals surface area contributed by atoms with Gasteiger partial charge < -0.3 is 5.32 Å². The topological polar surface area (TPSA) is 104 Å². The van der Waals surface area contributed by atoms with Gasteiger partial charge in [-0.3, -0.25) is 19.6 Å². The Morgan fingerprint density at radius 2 is 2.25 bits per heavy atom. The van der Waals surface area contributed by atoms with Crippen molar-refractivity contribution < 1.29 is 14.0 Å². The van der Waals surface area contributed by atoms with Crippen LogP contribution >= 0.6 is 11.3 Å². The van der Waals surface area contributed by atoms with E-state index < -0.39 is 11.7 Å². The molecule has 3 heterocycles. The summed E-state index contributed by atoms with van der Waals surface area (Å²) in [6.45, 7) is 4.30. The van der Waals surface area contributed by atoms with E-state index in [4.69, 9.17) is 0 Å². The van der Waals surface area contributed by atoms with E-state index in [1.165, 1.54) is 22.3 Å².